The van der Waals surface area contributed by atoms with E-state index in [1.54, 1.807) is 6.08 Å². The molecule has 0 radical (unpaired) electrons. The molecule has 0 unspecified atom stereocenters. The molecule has 0 heterocycles. The first kappa shape index (κ1) is 18.7. The van der Waals surface area contributed by atoms with Crippen molar-refractivity contribution >= 4 is 24.5 Å². The van der Waals surface area contributed by atoms with Crippen LogP contribution in [0.2, 0.25) is 0 Å². The summed E-state index contributed by atoms with van der Waals surface area (Å²) in [6, 6.07) is 9.72. The van der Waals surface area contributed by atoms with Crippen molar-refractivity contribution in [3.8, 4) is 0 Å². The van der Waals surface area contributed by atoms with Crippen LogP contribution >= 0.6 is 12.4 Å². The van der Waals surface area contributed by atoms with E-state index in [2.05, 4.69) is 18.7 Å². The lowest BCUT2D eigenvalue weighted by Crippen LogP contribution is -2.25. The Kier molecular flexibility index (Phi) is 10.7. The zero-order valence-electron chi connectivity index (χ0n) is 12.2. The highest BCUT2D eigenvalue weighted by Gasteiger charge is 2.00. The molecule has 0 aliphatic carbocycles. The first-order valence-electron chi connectivity index (χ1n) is 6.88. The molecule has 0 atom stereocenters. The molecule has 0 saturated carbocycles. The smallest absolute Gasteiger partial charge is 0.330 e. The topological polar surface area (TPSA) is 29.5 Å². The first-order valence-corrected chi connectivity index (χ1v) is 6.88. The SMILES string of the molecule is CCN(CC)CCCOC(=O)/C=C/c1ccccc1.Cl. The molecule has 0 N–H and O–H groups in total. The van der Waals surface area contributed by atoms with Gasteiger partial charge in [-0.3, -0.25) is 0 Å². The van der Waals surface area contributed by atoms with Crippen LogP contribution < -0.4 is 0 Å². The normalized spacial score (nSPS) is 10.6. The number of halogens is 1. The van der Waals surface area contributed by atoms with Crippen molar-refractivity contribution in [1.29, 1.82) is 0 Å². The summed E-state index contributed by atoms with van der Waals surface area (Å²) in [5, 5.41) is 0. The number of hydrogen-bond acceptors (Lipinski definition) is 3. The quantitative estimate of drug-likeness (QED) is 0.418. The van der Waals surface area contributed by atoms with Crippen LogP contribution in [0.4, 0.5) is 0 Å². The fraction of sp³-hybridized carbons (Fsp3) is 0.438. The van der Waals surface area contributed by atoms with Crippen molar-refractivity contribution in [2.75, 3.05) is 26.2 Å². The van der Waals surface area contributed by atoms with Gasteiger partial charge in [-0.1, -0.05) is 44.2 Å². The highest BCUT2D eigenvalue weighted by atomic mass is 35.5. The Balaban J connectivity index is 0.00000361. The Morgan fingerprint density at radius 1 is 1.20 bits per heavy atom. The molecule has 4 heteroatoms. The fourth-order valence-electron chi connectivity index (χ4n) is 1.78. The molecule has 0 bridgehead atoms. The second-order valence-corrected chi connectivity index (χ2v) is 4.29. The number of benzene rings is 1. The molecule has 0 aliphatic heterocycles. The third-order valence-electron chi connectivity index (χ3n) is 2.97. The molecular formula is C16H24ClNO2. The lowest BCUT2D eigenvalue weighted by atomic mass is 10.2. The molecule has 1 rings (SSSR count). The Bertz CT molecular complexity index is 389. The van der Waals surface area contributed by atoms with Gasteiger partial charge in [-0.05, 0) is 31.1 Å². The van der Waals surface area contributed by atoms with Crippen molar-refractivity contribution in [2.24, 2.45) is 0 Å². The van der Waals surface area contributed by atoms with E-state index in [0.717, 1.165) is 31.6 Å². The van der Waals surface area contributed by atoms with Crippen LogP contribution in [0.3, 0.4) is 0 Å². The zero-order chi connectivity index (χ0) is 13.9. The fourth-order valence-corrected chi connectivity index (χ4v) is 1.78. The van der Waals surface area contributed by atoms with E-state index in [1.165, 1.54) is 6.08 Å². The maximum absolute atomic E-state index is 11.5. The molecule has 0 amide bonds. The molecule has 0 fully saturated rings. The molecular weight excluding hydrogens is 274 g/mol. The largest absolute Gasteiger partial charge is 0.462 e. The predicted octanol–water partition coefficient (Wildman–Crippen LogP) is 3.40. The number of esters is 1. The summed E-state index contributed by atoms with van der Waals surface area (Å²) in [6.07, 6.45) is 4.13. The molecule has 0 saturated heterocycles. The van der Waals surface area contributed by atoms with E-state index in [-0.39, 0.29) is 18.4 Å². The maximum atomic E-state index is 11.5. The van der Waals surface area contributed by atoms with Crippen LogP contribution in [0, 0.1) is 0 Å². The monoisotopic (exact) mass is 297 g/mol. The Hall–Kier alpha value is -1.32. The van der Waals surface area contributed by atoms with Gasteiger partial charge in [0, 0.05) is 12.6 Å². The summed E-state index contributed by atoms with van der Waals surface area (Å²) < 4.78 is 5.15. The van der Waals surface area contributed by atoms with E-state index < -0.39 is 0 Å². The minimum atomic E-state index is -0.275. The minimum Gasteiger partial charge on any atom is -0.462 e. The molecule has 20 heavy (non-hydrogen) atoms. The number of ether oxygens (including phenoxy) is 1. The van der Waals surface area contributed by atoms with E-state index in [4.69, 9.17) is 4.74 Å². The summed E-state index contributed by atoms with van der Waals surface area (Å²) in [7, 11) is 0. The van der Waals surface area contributed by atoms with E-state index in [0.29, 0.717) is 6.61 Å². The average molecular weight is 298 g/mol. The highest BCUT2D eigenvalue weighted by Crippen LogP contribution is 2.01. The van der Waals surface area contributed by atoms with Gasteiger partial charge in [0.2, 0.25) is 0 Å². The number of carbonyl (C=O) groups excluding carboxylic acids is 1. The van der Waals surface area contributed by atoms with Gasteiger partial charge in [0.05, 0.1) is 6.61 Å². The van der Waals surface area contributed by atoms with Crippen LogP contribution in [-0.2, 0) is 9.53 Å². The maximum Gasteiger partial charge on any atom is 0.330 e. The van der Waals surface area contributed by atoms with Gasteiger partial charge in [0.15, 0.2) is 0 Å². The van der Waals surface area contributed by atoms with Crippen molar-refractivity contribution < 1.29 is 9.53 Å². The van der Waals surface area contributed by atoms with Gasteiger partial charge in [-0.2, -0.15) is 0 Å². The van der Waals surface area contributed by atoms with E-state index in [9.17, 15) is 4.79 Å². The highest BCUT2D eigenvalue weighted by molar-refractivity contribution is 5.87. The van der Waals surface area contributed by atoms with Gasteiger partial charge in [-0.15, -0.1) is 12.4 Å². The molecule has 0 aliphatic rings. The summed E-state index contributed by atoms with van der Waals surface area (Å²) >= 11 is 0. The minimum absolute atomic E-state index is 0. The molecule has 3 nitrogen and oxygen atoms in total. The third kappa shape index (κ3) is 7.97. The van der Waals surface area contributed by atoms with Gasteiger partial charge in [0.1, 0.15) is 0 Å². The van der Waals surface area contributed by atoms with Gasteiger partial charge in [-0.25, -0.2) is 4.79 Å². The molecule has 1 aromatic carbocycles. The molecule has 0 spiro atoms. The van der Waals surface area contributed by atoms with Crippen molar-refractivity contribution in [2.45, 2.75) is 20.3 Å². The lowest BCUT2D eigenvalue weighted by molar-refractivity contribution is -0.137. The standard InChI is InChI=1S/C16H23NO2.ClH/c1-3-17(4-2)13-8-14-19-16(18)12-11-15-9-6-5-7-10-15;/h5-7,9-12H,3-4,8,13-14H2,1-2H3;1H/b12-11+;. The van der Waals surface area contributed by atoms with Crippen LogP contribution in [0.25, 0.3) is 6.08 Å². The Morgan fingerprint density at radius 3 is 2.45 bits per heavy atom. The van der Waals surface area contributed by atoms with Gasteiger partial charge >= 0.3 is 5.97 Å². The summed E-state index contributed by atoms with van der Waals surface area (Å²) in [5.41, 5.74) is 1.00. The van der Waals surface area contributed by atoms with E-state index >= 15 is 0 Å². The Morgan fingerprint density at radius 2 is 1.85 bits per heavy atom. The van der Waals surface area contributed by atoms with Gasteiger partial charge < -0.3 is 9.64 Å². The number of carbonyl (C=O) groups is 1. The summed E-state index contributed by atoms with van der Waals surface area (Å²) in [4.78, 5) is 13.8. The second-order valence-electron chi connectivity index (χ2n) is 4.29. The van der Waals surface area contributed by atoms with Crippen molar-refractivity contribution in [3.63, 3.8) is 0 Å². The Labute approximate surface area is 128 Å². The predicted molar refractivity (Wildman–Crippen MR) is 86.1 cm³/mol. The first-order chi connectivity index (χ1) is 9.26. The number of nitrogens with zero attached hydrogens (tertiary/aromatic N) is 1. The van der Waals surface area contributed by atoms with Crippen LogP contribution in [-0.4, -0.2) is 37.1 Å². The van der Waals surface area contributed by atoms with Crippen LogP contribution in [0.5, 0.6) is 0 Å². The third-order valence-corrected chi connectivity index (χ3v) is 2.97. The second kappa shape index (κ2) is 11.5. The molecule has 112 valence electrons. The molecule has 0 aromatic heterocycles. The van der Waals surface area contributed by atoms with Crippen LogP contribution in [0.1, 0.15) is 25.8 Å². The number of hydrogen-bond donors (Lipinski definition) is 0. The van der Waals surface area contributed by atoms with Gasteiger partial charge in [0.25, 0.3) is 0 Å². The summed E-state index contributed by atoms with van der Waals surface area (Å²) in [6.45, 7) is 7.81. The lowest BCUT2D eigenvalue weighted by Gasteiger charge is -2.17. The van der Waals surface area contributed by atoms with Crippen molar-refractivity contribution in [1.82, 2.24) is 4.90 Å². The number of rotatable bonds is 8. The van der Waals surface area contributed by atoms with Crippen LogP contribution in [0.15, 0.2) is 36.4 Å². The molecule has 1 aromatic rings. The zero-order valence-corrected chi connectivity index (χ0v) is 13.1. The van der Waals surface area contributed by atoms with Crippen molar-refractivity contribution in [3.05, 3.63) is 42.0 Å². The average Bonchev–Trinajstić information content (AvgIpc) is 2.46. The summed E-state index contributed by atoms with van der Waals surface area (Å²) in [5.74, 6) is -0.275. The van der Waals surface area contributed by atoms with E-state index in [1.807, 2.05) is 30.3 Å².